The molecule has 3 nitrogen and oxygen atoms in total. The van der Waals surface area contributed by atoms with Crippen LogP contribution < -0.4 is 10.1 Å². The average molecular weight is 279 g/mol. The van der Waals surface area contributed by atoms with Crippen molar-refractivity contribution in [2.24, 2.45) is 0 Å². The normalized spacial score (nSPS) is 11.0. The van der Waals surface area contributed by atoms with E-state index in [0.29, 0.717) is 19.1 Å². The molecule has 1 aromatic carbocycles. The number of unbranched alkanes of at least 4 members (excludes halogenated alkanes) is 1. The van der Waals surface area contributed by atoms with Crippen LogP contribution in [-0.4, -0.2) is 32.9 Å². The molecule has 0 heterocycles. The van der Waals surface area contributed by atoms with Gasteiger partial charge in [-0.1, -0.05) is 39.3 Å². The van der Waals surface area contributed by atoms with E-state index in [2.05, 4.69) is 38.2 Å². The van der Waals surface area contributed by atoms with E-state index < -0.39 is 0 Å². The first-order valence-electron chi connectivity index (χ1n) is 7.75. The smallest absolute Gasteiger partial charge is 0.119 e. The summed E-state index contributed by atoms with van der Waals surface area (Å²) in [6, 6.07) is 8.31. The summed E-state index contributed by atoms with van der Waals surface area (Å²) in [6.07, 6.45) is 2.47. The summed E-state index contributed by atoms with van der Waals surface area (Å²) >= 11 is 0. The van der Waals surface area contributed by atoms with Gasteiger partial charge in [-0.2, -0.15) is 0 Å². The molecule has 0 fully saturated rings. The lowest BCUT2D eigenvalue weighted by molar-refractivity contribution is 0.102. The van der Waals surface area contributed by atoms with Crippen LogP contribution >= 0.6 is 0 Å². The standard InChI is InChI=1S/C17H29NO2/c1-4-5-10-18-11-12-19-13-14-20-17-8-6-16(7-9-17)15(2)3/h6-9,15,18H,4-5,10-14H2,1-3H3. The zero-order chi connectivity index (χ0) is 14.6. The van der Waals surface area contributed by atoms with Gasteiger partial charge in [0.05, 0.1) is 13.2 Å². The van der Waals surface area contributed by atoms with E-state index in [0.717, 1.165) is 25.4 Å². The summed E-state index contributed by atoms with van der Waals surface area (Å²) in [4.78, 5) is 0. The Hall–Kier alpha value is -1.06. The molecule has 1 aromatic rings. The first-order chi connectivity index (χ1) is 9.74. The molecule has 0 aliphatic carbocycles. The molecule has 1 rings (SSSR count). The zero-order valence-electron chi connectivity index (χ0n) is 13.2. The third kappa shape index (κ3) is 7.51. The van der Waals surface area contributed by atoms with Gasteiger partial charge in [-0.15, -0.1) is 0 Å². The third-order valence-corrected chi connectivity index (χ3v) is 3.17. The molecule has 0 bridgehead atoms. The summed E-state index contributed by atoms with van der Waals surface area (Å²) in [6.45, 7) is 10.6. The quantitative estimate of drug-likeness (QED) is 0.628. The highest BCUT2D eigenvalue weighted by atomic mass is 16.5. The lowest BCUT2D eigenvalue weighted by Crippen LogP contribution is -2.21. The molecule has 0 unspecified atom stereocenters. The van der Waals surface area contributed by atoms with Gasteiger partial charge in [-0.05, 0) is 36.6 Å². The van der Waals surface area contributed by atoms with Gasteiger partial charge in [0, 0.05) is 6.54 Å². The van der Waals surface area contributed by atoms with Crippen LogP contribution in [0.1, 0.15) is 45.1 Å². The number of rotatable bonds is 11. The van der Waals surface area contributed by atoms with Gasteiger partial charge in [0.2, 0.25) is 0 Å². The van der Waals surface area contributed by atoms with Crippen LogP contribution in [0.2, 0.25) is 0 Å². The van der Waals surface area contributed by atoms with E-state index in [9.17, 15) is 0 Å². The van der Waals surface area contributed by atoms with E-state index in [-0.39, 0.29) is 0 Å². The second-order valence-electron chi connectivity index (χ2n) is 5.29. The second-order valence-corrected chi connectivity index (χ2v) is 5.29. The van der Waals surface area contributed by atoms with Crippen molar-refractivity contribution in [3.63, 3.8) is 0 Å². The Balaban J connectivity index is 2.01. The number of hydrogen-bond acceptors (Lipinski definition) is 3. The summed E-state index contributed by atoms with van der Waals surface area (Å²) in [7, 11) is 0. The highest BCUT2D eigenvalue weighted by Crippen LogP contribution is 2.18. The minimum atomic E-state index is 0.563. The Labute approximate surface area is 123 Å². The third-order valence-electron chi connectivity index (χ3n) is 3.17. The summed E-state index contributed by atoms with van der Waals surface area (Å²) in [5, 5.41) is 3.35. The Bertz CT molecular complexity index is 335. The lowest BCUT2D eigenvalue weighted by atomic mass is 10.0. The van der Waals surface area contributed by atoms with Crippen molar-refractivity contribution in [1.82, 2.24) is 5.32 Å². The van der Waals surface area contributed by atoms with Gasteiger partial charge in [-0.3, -0.25) is 0 Å². The van der Waals surface area contributed by atoms with Gasteiger partial charge in [0.1, 0.15) is 12.4 Å². The number of ether oxygens (including phenoxy) is 2. The minimum Gasteiger partial charge on any atom is -0.491 e. The maximum absolute atomic E-state index is 5.64. The van der Waals surface area contributed by atoms with Crippen molar-refractivity contribution in [2.45, 2.75) is 39.5 Å². The molecule has 0 radical (unpaired) electrons. The maximum Gasteiger partial charge on any atom is 0.119 e. The molecular formula is C17H29NO2. The molecule has 114 valence electrons. The van der Waals surface area contributed by atoms with Gasteiger partial charge in [-0.25, -0.2) is 0 Å². The highest BCUT2D eigenvalue weighted by Gasteiger charge is 1.99. The summed E-state index contributed by atoms with van der Waals surface area (Å²) < 4.78 is 11.2. The largest absolute Gasteiger partial charge is 0.491 e. The fraction of sp³-hybridized carbons (Fsp3) is 0.647. The van der Waals surface area contributed by atoms with Crippen LogP contribution in [0.5, 0.6) is 5.75 Å². The Morgan fingerprint density at radius 2 is 1.75 bits per heavy atom. The molecule has 0 amide bonds. The Morgan fingerprint density at radius 3 is 2.40 bits per heavy atom. The monoisotopic (exact) mass is 279 g/mol. The predicted octanol–water partition coefficient (Wildman–Crippen LogP) is 3.60. The summed E-state index contributed by atoms with van der Waals surface area (Å²) in [5.74, 6) is 1.48. The van der Waals surface area contributed by atoms with Crippen LogP contribution in [0.25, 0.3) is 0 Å². The first kappa shape index (κ1) is 17.0. The summed E-state index contributed by atoms with van der Waals surface area (Å²) in [5.41, 5.74) is 1.34. The van der Waals surface area contributed by atoms with Gasteiger partial charge >= 0.3 is 0 Å². The van der Waals surface area contributed by atoms with Crippen LogP contribution in [0.3, 0.4) is 0 Å². The van der Waals surface area contributed by atoms with Crippen molar-refractivity contribution >= 4 is 0 Å². The van der Waals surface area contributed by atoms with Crippen molar-refractivity contribution in [3.8, 4) is 5.75 Å². The maximum atomic E-state index is 5.64. The minimum absolute atomic E-state index is 0.563. The average Bonchev–Trinajstić information content (AvgIpc) is 2.46. The van der Waals surface area contributed by atoms with Gasteiger partial charge in [0.15, 0.2) is 0 Å². The molecule has 3 heteroatoms. The molecule has 1 N–H and O–H groups in total. The fourth-order valence-electron chi connectivity index (χ4n) is 1.84. The van der Waals surface area contributed by atoms with Crippen molar-refractivity contribution < 1.29 is 9.47 Å². The molecule has 0 aliphatic heterocycles. The second kappa shape index (κ2) is 10.7. The Kier molecular flexibility index (Phi) is 9.09. The van der Waals surface area contributed by atoms with E-state index in [1.165, 1.54) is 18.4 Å². The van der Waals surface area contributed by atoms with E-state index in [1.807, 2.05) is 12.1 Å². The van der Waals surface area contributed by atoms with Crippen LogP contribution in [-0.2, 0) is 4.74 Å². The fourth-order valence-corrected chi connectivity index (χ4v) is 1.84. The predicted molar refractivity (Wildman–Crippen MR) is 84.6 cm³/mol. The van der Waals surface area contributed by atoms with Crippen LogP contribution in [0.4, 0.5) is 0 Å². The lowest BCUT2D eigenvalue weighted by Gasteiger charge is -2.09. The van der Waals surface area contributed by atoms with Crippen molar-refractivity contribution in [3.05, 3.63) is 29.8 Å². The SMILES string of the molecule is CCCCNCCOCCOc1ccc(C(C)C)cc1. The molecule has 0 aromatic heterocycles. The molecule has 0 saturated carbocycles. The molecule has 0 spiro atoms. The topological polar surface area (TPSA) is 30.5 Å². The molecule has 20 heavy (non-hydrogen) atoms. The first-order valence-corrected chi connectivity index (χ1v) is 7.75. The molecular weight excluding hydrogens is 250 g/mol. The molecule has 0 aliphatic rings. The number of benzene rings is 1. The highest BCUT2D eigenvalue weighted by molar-refractivity contribution is 5.28. The van der Waals surface area contributed by atoms with E-state index in [1.54, 1.807) is 0 Å². The van der Waals surface area contributed by atoms with Crippen molar-refractivity contribution in [2.75, 3.05) is 32.9 Å². The number of nitrogens with one attached hydrogen (secondary N) is 1. The van der Waals surface area contributed by atoms with E-state index in [4.69, 9.17) is 9.47 Å². The molecule has 0 saturated heterocycles. The Morgan fingerprint density at radius 1 is 1.00 bits per heavy atom. The van der Waals surface area contributed by atoms with Crippen LogP contribution in [0, 0.1) is 0 Å². The van der Waals surface area contributed by atoms with Crippen LogP contribution in [0.15, 0.2) is 24.3 Å². The van der Waals surface area contributed by atoms with Gasteiger partial charge < -0.3 is 14.8 Å². The van der Waals surface area contributed by atoms with Gasteiger partial charge in [0.25, 0.3) is 0 Å². The van der Waals surface area contributed by atoms with Crippen molar-refractivity contribution in [1.29, 1.82) is 0 Å². The van der Waals surface area contributed by atoms with E-state index >= 15 is 0 Å². The zero-order valence-corrected chi connectivity index (χ0v) is 13.2. The molecule has 0 atom stereocenters. The number of hydrogen-bond donors (Lipinski definition) is 1.